The SMILES string of the molecule is CC(Nc1ccc2c(c1)OCCn1cc(N(CC(F)F)C(=O)C3COC3)nc1-2)C(N)=O. The molecule has 2 aromatic rings. The zero-order valence-corrected chi connectivity index (χ0v) is 16.9. The van der Waals surface area contributed by atoms with Crippen LogP contribution in [0, 0.1) is 5.92 Å². The Hall–Kier alpha value is -3.21. The molecule has 3 heterocycles. The number of hydrogen-bond acceptors (Lipinski definition) is 6. The van der Waals surface area contributed by atoms with Crippen molar-refractivity contribution in [2.24, 2.45) is 11.7 Å². The van der Waals surface area contributed by atoms with Gasteiger partial charge in [-0.2, -0.15) is 0 Å². The number of aromatic nitrogens is 2. The van der Waals surface area contributed by atoms with Crippen molar-refractivity contribution in [3.8, 4) is 17.1 Å². The van der Waals surface area contributed by atoms with Crippen LogP contribution in [-0.2, 0) is 20.9 Å². The third-order valence-electron chi connectivity index (χ3n) is 5.24. The molecule has 2 amide bonds. The number of benzene rings is 1. The summed E-state index contributed by atoms with van der Waals surface area (Å²) >= 11 is 0. The third-order valence-corrected chi connectivity index (χ3v) is 5.24. The first-order valence-corrected chi connectivity index (χ1v) is 9.91. The number of ether oxygens (including phenoxy) is 2. The Balaban J connectivity index is 1.66. The summed E-state index contributed by atoms with van der Waals surface area (Å²) in [6.07, 6.45) is -1.10. The van der Waals surface area contributed by atoms with Gasteiger partial charge in [0.25, 0.3) is 6.43 Å². The van der Waals surface area contributed by atoms with Crippen LogP contribution in [0.25, 0.3) is 11.4 Å². The number of carbonyl (C=O) groups is 2. The second-order valence-electron chi connectivity index (χ2n) is 7.52. The predicted octanol–water partition coefficient (Wildman–Crippen LogP) is 1.47. The highest BCUT2D eigenvalue weighted by atomic mass is 19.3. The van der Waals surface area contributed by atoms with Gasteiger partial charge in [0.15, 0.2) is 5.82 Å². The number of nitrogens with zero attached hydrogens (tertiary/aromatic N) is 3. The first-order valence-electron chi connectivity index (χ1n) is 9.91. The van der Waals surface area contributed by atoms with Crippen LogP contribution in [0.5, 0.6) is 5.75 Å². The Labute approximate surface area is 177 Å². The molecule has 1 fully saturated rings. The van der Waals surface area contributed by atoms with Gasteiger partial charge < -0.3 is 25.1 Å². The number of nitrogens with two attached hydrogens (primary N) is 1. The Morgan fingerprint density at radius 1 is 1.39 bits per heavy atom. The highest BCUT2D eigenvalue weighted by molar-refractivity contribution is 5.95. The molecule has 2 aliphatic heterocycles. The molecule has 0 aliphatic carbocycles. The summed E-state index contributed by atoms with van der Waals surface area (Å²) < 4.78 is 39.0. The monoisotopic (exact) mass is 435 g/mol. The van der Waals surface area contributed by atoms with Gasteiger partial charge in [-0.3, -0.25) is 14.5 Å². The standard InChI is InChI=1S/C20H23F2N5O4/c1-11(18(23)28)24-13-2-3-14-15(6-13)31-5-4-26-8-17(25-19(14)26)27(7-16(21)22)20(29)12-9-30-10-12/h2-3,6,8,11-12,16,24H,4-5,7,9-10H2,1H3,(H2,23,28). The predicted molar refractivity (Wildman–Crippen MR) is 108 cm³/mol. The van der Waals surface area contributed by atoms with E-state index < -0.39 is 36.7 Å². The van der Waals surface area contributed by atoms with Gasteiger partial charge in [0.1, 0.15) is 24.2 Å². The van der Waals surface area contributed by atoms with Crippen LogP contribution < -0.4 is 20.7 Å². The second kappa shape index (κ2) is 8.50. The van der Waals surface area contributed by atoms with Gasteiger partial charge >= 0.3 is 0 Å². The van der Waals surface area contributed by atoms with Gasteiger partial charge in [-0.05, 0) is 19.1 Å². The summed E-state index contributed by atoms with van der Waals surface area (Å²) in [6.45, 7) is 2.12. The Bertz CT molecular complexity index is 992. The van der Waals surface area contributed by atoms with Crippen LogP contribution in [0.4, 0.5) is 20.3 Å². The maximum Gasteiger partial charge on any atom is 0.256 e. The topological polar surface area (TPSA) is 112 Å². The van der Waals surface area contributed by atoms with Gasteiger partial charge in [0.2, 0.25) is 11.8 Å². The zero-order chi connectivity index (χ0) is 22.1. The minimum atomic E-state index is -2.69. The zero-order valence-electron chi connectivity index (χ0n) is 16.9. The smallest absolute Gasteiger partial charge is 0.256 e. The van der Waals surface area contributed by atoms with Crippen molar-refractivity contribution < 1.29 is 27.8 Å². The van der Waals surface area contributed by atoms with Gasteiger partial charge in [0, 0.05) is 18.0 Å². The van der Waals surface area contributed by atoms with Crippen LogP contribution in [0.15, 0.2) is 24.4 Å². The lowest BCUT2D eigenvalue weighted by Crippen LogP contribution is -2.46. The first-order chi connectivity index (χ1) is 14.8. The largest absolute Gasteiger partial charge is 0.491 e. The summed E-state index contributed by atoms with van der Waals surface area (Å²) in [5, 5.41) is 2.99. The summed E-state index contributed by atoms with van der Waals surface area (Å²) in [5.41, 5.74) is 6.59. The quantitative estimate of drug-likeness (QED) is 0.681. The van der Waals surface area contributed by atoms with E-state index in [1.54, 1.807) is 35.9 Å². The van der Waals surface area contributed by atoms with Crippen molar-refractivity contribution in [1.82, 2.24) is 9.55 Å². The van der Waals surface area contributed by atoms with E-state index in [0.717, 1.165) is 4.90 Å². The lowest BCUT2D eigenvalue weighted by molar-refractivity contribution is -0.136. The lowest BCUT2D eigenvalue weighted by Gasteiger charge is -2.30. The summed E-state index contributed by atoms with van der Waals surface area (Å²) in [7, 11) is 0. The molecular weight excluding hydrogens is 412 g/mol. The molecule has 31 heavy (non-hydrogen) atoms. The van der Waals surface area contributed by atoms with Crippen molar-refractivity contribution in [1.29, 1.82) is 0 Å². The summed E-state index contributed by atoms with van der Waals surface area (Å²) in [5.74, 6) is -0.139. The van der Waals surface area contributed by atoms with Gasteiger partial charge in [-0.25, -0.2) is 13.8 Å². The van der Waals surface area contributed by atoms with Crippen LogP contribution in [0.1, 0.15) is 6.92 Å². The van der Waals surface area contributed by atoms with Gasteiger partial charge in [-0.1, -0.05) is 0 Å². The van der Waals surface area contributed by atoms with Crippen molar-refractivity contribution >= 4 is 23.3 Å². The number of anilines is 2. The van der Waals surface area contributed by atoms with Crippen LogP contribution >= 0.6 is 0 Å². The van der Waals surface area contributed by atoms with E-state index in [-0.39, 0.29) is 19.0 Å². The Morgan fingerprint density at radius 3 is 2.81 bits per heavy atom. The molecule has 1 unspecified atom stereocenters. The van der Waals surface area contributed by atoms with E-state index in [1.807, 2.05) is 0 Å². The van der Waals surface area contributed by atoms with Crippen molar-refractivity contribution in [2.75, 3.05) is 36.6 Å². The maximum absolute atomic E-state index is 13.2. The van der Waals surface area contributed by atoms with E-state index in [4.69, 9.17) is 15.2 Å². The van der Waals surface area contributed by atoms with E-state index in [9.17, 15) is 18.4 Å². The molecule has 1 aromatic heterocycles. The molecule has 11 heteroatoms. The fourth-order valence-electron chi connectivity index (χ4n) is 3.44. The number of primary amides is 1. The van der Waals surface area contributed by atoms with Gasteiger partial charge in [-0.15, -0.1) is 0 Å². The first kappa shape index (κ1) is 21.0. The number of imidazole rings is 1. The molecule has 9 nitrogen and oxygen atoms in total. The molecule has 0 spiro atoms. The molecular formula is C20H23F2N5O4. The molecule has 0 saturated carbocycles. The molecule has 3 N–H and O–H groups in total. The van der Waals surface area contributed by atoms with Crippen molar-refractivity contribution in [2.45, 2.75) is 25.9 Å². The highest BCUT2D eigenvalue weighted by Gasteiger charge is 2.34. The molecule has 166 valence electrons. The summed E-state index contributed by atoms with van der Waals surface area (Å²) in [6, 6.07) is 4.67. The third kappa shape index (κ3) is 4.31. The van der Waals surface area contributed by atoms with Crippen molar-refractivity contribution in [3.63, 3.8) is 0 Å². The number of alkyl halides is 2. The normalized spacial score (nSPS) is 16.4. The Kier molecular flexibility index (Phi) is 5.77. The average molecular weight is 435 g/mol. The van der Waals surface area contributed by atoms with Gasteiger partial charge in [0.05, 0.1) is 37.8 Å². The number of halogens is 2. The molecule has 4 rings (SSSR count). The van der Waals surface area contributed by atoms with Crippen molar-refractivity contribution in [3.05, 3.63) is 24.4 Å². The Morgan fingerprint density at radius 2 is 2.16 bits per heavy atom. The minimum Gasteiger partial charge on any atom is -0.491 e. The highest BCUT2D eigenvalue weighted by Crippen LogP contribution is 2.36. The van der Waals surface area contributed by atoms with Crippen LogP contribution in [0.2, 0.25) is 0 Å². The minimum absolute atomic E-state index is 0.171. The number of nitrogens with one attached hydrogen (secondary N) is 1. The van der Waals surface area contributed by atoms with E-state index >= 15 is 0 Å². The molecule has 2 aliphatic rings. The maximum atomic E-state index is 13.2. The molecule has 0 bridgehead atoms. The molecule has 1 saturated heterocycles. The number of hydrogen-bond donors (Lipinski definition) is 2. The lowest BCUT2D eigenvalue weighted by atomic mass is 10.1. The fourth-order valence-corrected chi connectivity index (χ4v) is 3.44. The molecule has 0 radical (unpaired) electrons. The number of rotatable bonds is 7. The van der Waals surface area contributed by atoms with E-state index in [1.165, 1.54) is 0 Å². The molecule has 1 aromatic carbocycles. The molecule has 1 atom stereocenters. The van der Waals surface area contributed by atoms with Crippen LogP contribution in [0.3, 0.4) is 0 Å². The average Bonchev–Trinajstić information content (AvgIpc) is 3.00. The summed E-state index contributed by atoms with van der Waals surface area (Å²) in [4.78, 5) is 29.5. The fraction of sp³-hybridized carbons (Fsp3) is 0.450. The number of amides is 2. The van der Waals surface area contributed by atoms with E-state index in [0.29, 0.717) is 36.0 Å². The van der Waals surface area contributed by atoms with Crippen LogP contribution in [-0.4, -0.2) is 60.2 Å². The second-order valence-corrected chi connectivity index (χ2v) is 7.52. The number of carbonyl (C=O) groups excluding carboxylic acids is 2. The number of fused-ring (bicyclic) bond motifs is 3. The van der Waals surface area contributed by atoms with E-state index in [2.05, 4.69) is 10.3 Å².